The highest BCUT2D eigenvalue weighted by molar-refractivity contribution is 6.31. The van der Waals surface area contributed by atoms with Gasteiger partial charge in [-0.25, -0.2) is 4.98 Å². The van der Waals surface area contributed by atoms with Crippen LogP contribution in [0.4, 0.5) is 0 Å². The number of aromatic nitrogens is 2. The molecule has 0 spiro atoms. The Morgan fingerprint density at radius 2 is 1.95 bits per heavy atom. The van der Waals surface area contributed by atoms with Crippen molar-refractivity contribution in [2.24, 2.45) is 0 Å². The van der Waals surface area contributed by atoms with Gasteiger partial charge in [0.2, 0.25) is 5.78 Å². The third kappa shape index (κ3) is 1.53. The highest BCUT2D eigenvalue weighted by Gasteiger charge is 2.30. The predicted octanol–water partition coefficient (Wildman–Crippen LogP) is 2.89. The molecule has 0 saturated heterocycles. The maximum absolute atomic E-state index is 12.8. The third-order valence-corrected chi connectivity index (χ3v) is 3.99. The van der Waals surface area contributed by atoms with Gasteiger partial charge >= 0.3 is 0 Å². The van der Waals surface area contributed by atoms with Gasteiger partial charge in [0, 0.05) is 5.02 Å². The molecule has 3 aromatic rings. The lowest BCUT2D eigenvalue weighted by molar-refractivity contribution is 0.103. The molecule has 0 amide bonds. The van der Waals surface area contributed by atoms with Gasteiger partial charge in [-0.05, 0) is 36.8 Å². The summed E-state index contributed by atoms with van der Waals surface area (Å²) in [7, 11) is 0. The average molecular weight is 297 g/mol. The van der Waals surface area contributed by atoms with E-state index in [2.05, 4.69) is 4.98 Å². The summed E-state index contributed by atoms with van der Waals surface area (Å²) in [5.74, 6) is -0.122. The lowest BCUT2D eigenvalue weighted by Gasteiger charge is -2.07. The van der Waals surface area contributed by atoms with Crippen LogP contribution in [0.5, 0.6) is 0 Å². The molecule has 102 valence electrons. The zero-order valence-corrected chi connectivity index (χ0v) is 11.8. The molecule has 0 bridgehead atoms. The number of hydrogen-bond acceptors (Lipinski definition) is 3. The van der Waals surface area contributed by atoms with E-state index in [0.29, 0.717) is 27.2 Å². The fraction of sp³-hybridized carbons (Fsp3) is 0.0625. The number of nitrogens with zero attached hydrogens (tertiary/aromatic N) is 2. The first-order valence-electron chi connectivity index (χ1n) is 6.45. The SMILES string of the molecule is Cc1cccc2nc3n(c(=O)c12)-c1ccc(Cl)cc1C3=O. The molecule has 0 fully saturated rings. The van der Waals surface area contributed by atoms with Crippen LogP contribution < -0.4 is 5.56 Å². The van der Waals surface area contributed by atoms with Gasteiger partial charge in [0.05, 0.1) is 22.2 Å². The molecule has 2 heterocycles. The molecular formula is C16H9ClN2O2. The minimum Gasteiger partial charge on any atom is -0.285 e. The molecule has 1 aliphatic heterocycles. The Kier molecular flexibility index (Phi) is 2.35. The molecule has 1 aliphatic rings. The summed E-state index contributed by atoms with van der Waals surface area (Å²) in [5, 5.41) is 1.00. The fourth-order valence-electron chi connectivity index (χ4n) is 2.78. The van der Waals surface area contributed by atoms with E-state index in [1.807, 2.05) is 19.1 Å². The summed E-state index contributed by atoms with van der Waals surface area (Å²) < 4.78 is 1.38. The van der Waals surface area contributed by atoms with E-state index in [1.165, 1.54) is 4.57 Å². The summed E-state index contributed by atoms with van der Waals surface area (Å²) in [6, 6.07) is 10.3. The normalized spacial score (nSPS) is 12.6. The molecule has 0 radical (unpaired) electrons. The van der Waals surface area contributed by atoms with Crippen LogP contribution in [-0.4, -0.2) is 15.3 Å². The van der Waals surface area contributed by atoms with Gasteiger partial charge in [-0.1, -0.05) is 23.7 Å². The van der Waals surface area contributed by atoms with Crippen LogP contribution in [0.25, 0.3) is 16.6 Å². The third-order valence-electron chi connectivity index (χ3n) is 3.75. The monoisotopic (exact) mass is 296 g/mol. The molecule has 0 atom stereocenters. The Labute approximate surface area is 124 Å². The Morgan fingerprint density at radius 1 is 1.14 bits per heavy atom. The molecule has 0 unspecified atom stereocenters. The lowest BCUT2D eigenvalue weighted by Crippen LogP contribution is -2.22. The summed E-state index contributed by atoms with van der Waals surface area (Å²) in [4.78, 5) is 29.6. The van der Waals surface area contributed by atoms with E-state index < -0.39 is 0 Å². The molecule has 4 rings (SSSR count). The molecule has 0 aliphatic carbocycles. The number of benzene rings is 2. The van der Waals surface area contributed by atoms with Gasteiger partial charge in [-0.2, -0.15) is 0 Å². The second-order valence-electron chi connectivity index (χ2n) is 5.04. The van der Waals surface area contributed by atoms with Crippen molar-refractivity contribution in [1.82, 2.24) is 9.55 Å². The van der Waals surface area contributed by atoms with Gasteiger partial charge in [-0.15, -0.1) is 0 Å². The van der Waals surface area contributed by atoms with Gasteiger partial charge in [-0.3, -0.25) is 14.2 Å². The van der Waals surface area contributed by atoms with Gasteiger partial charge in [0.1, 0.15) is 0 Å². The van der Waals surface area contributed by atoms with Crippen molar-refractivity contribution in [2.45, 2.75) is 6.92 Å². The molecule has 2 aromatic carbocycles. The number of carbonyl (C=O) groups excluding carboxylic acids is 1. The van der Waals surface area contributed by atoms with Crippen molar-refractivity contribution in [1.29, 1.82) is 0 Å². The van der Waals surface area contributed by atoms with E-state index in [1.54, 1.807) is 24.3 Å². The Balaban J connectivity index is 2.21. The molecular weight excluding hydrogens is 288 g/mol. The number of hydrogen-bond donors (Lipinski definition) is 0. The topological polar surface area (TPSA) is 52.0 Å². The fourth-order valence-corrected chi connectivity index (χ4v) is 2.95. The Morgan fingerprint density at radius 3 is 2.76 bits per heavy atom. The first-order valence-corrected chi connectivity index (χ1v) is 6.83. The molecule has 4 nitrogen and oxygen atoms in total. The Bertz CT molecular complexity index is 1010. The summed E-state index contributed by atoms with van der Waals surface area (Å²) in [5.41, 5.74) is 2.12. The van der Waals surface area contributed by atoms with Gasteiger partial charge in [0.25, 0.3) is 5.56 Å². The van der Waals surface area contributed by atoms with E-state index in [9.17, 15) is 9.59 Å². The van der Waals surface area contributed by atoms with Crippen LogP contribution in [0.15, 0.2) is 41.2 Å². The van der Waals surface area contributed by atoms with Crippen LogP contribution in [0.3, 0.4) is 0 Å². The Hall–Kier alpha value is -2.46. The summed E-state index contributed by atoms with van der Waals surface area (Å²) in [6.45, 7) is 1.86. The maximum atomic E-state index is 12.8. The van der Waals surface area contributed by atoms with Crippen LogP contribution in [0.1, 0.15) is 21.7 Å². The van der Waals surface area contributed by atoms with E-state index in [-0.39, 0.29) is 17.2 Å². The quantitative estimate of drug-likeness (QED) is 0.501. The van der Waals surface area contributed by atoms with Crippen LogP contribution in [-0.2, 0) is 0 Å². The van der Waals surface area contributed by atoms with E-state index >= 15 is 0 Å². The zero-order chi connectivity index (χ0) is 14.7. The summed E-state index contributed by atoms with van der Waals surface area (Å²) in [6.07, 6.45) is 0. The highest BCUT2D eigenvalue weighted by atomic mass is 35.5. The van der Waals surface area contributed by atoms with Crippen LogP contribution in [0.2, 0.25) is 5.02 Å². The second kappa shape index (κ2) is 4.02. The first kappa shape index (κ1) is 12.3. The van der Waals surface area contributed by atoms with E-state index in [0.717, 1.165) is 5.56 Å². The highest BCUT2D eigenvalue weighted by Crippen LogP contribution is 2.28. The standard InChI is InChI=1S/C16H9ClN2O2/c1-8-3-2-4-11-13(8)16(21)19-12-6-5-9(17)7-10(12)14(20)15(19)18-11/h2-7H,1H3. The zero-order valence-electron chi connectivity index (χ0n) is 11.1. The molecule has 21 heavy (non-hydrogen) atoms. The molecule has 5 heteroatoms. The average Bonchev–Trinajstić information content (AvgIpc) is 2.73. The van der Waals surface area contributed by atoms with Crippen molar-refractivity contribution in [2.75, 3.05) is 0 Å². The number of ketones is 1. The van der Waals surface area contributed by atoms with Crippen molar-refractivity contribution < 1.29 is 4.79 Å². The minimum atomic E-state index is -0.270. The number of halogens is 1. The lowest BCUT2D eigenvalue weighted by atomic mass is 10.1. The number of fused-ring (bicyclic) bond motifs is 4. The molecule has 0 N–H and O–H groups in total. The van der Waals surface area contributed by atoms with Crippen molar-refractivity contribution in [3.63, 3.8) is 0 Å². The number of aryl methyl sites for hydroxylation is 1. The van der Waals surface area contributed by atoms with Crippen molar-refractivity contribution in [3.8, 4) is 5.69 Å². The second-order valence-corrected chi connectivity index (χ2v) is 5.47. The van der Waals surface area contributed by atoms with Crippen molar-refractivity contribution in [3.05, 3.63) is 68.7 Å². The smallest absolute Gasteiger partial charge is 0.266 e. The number of carbonyl (C=O) groups is 1. The van der Waals surface area contributed by atoms with Crippen LogP contribution in [0, 0.1) is 6.92 Å². The van der Waals surface area contributed by atoms with Crippen molar-refractivity contribution >= 4 is 28.3 Å². The molecule has 1 aromatic heterocycles. The minimum absolute atomic E-state index is 0.148. The largest absolute Gasteiger partial charge is 0.285 e. The predicted molar refractivity (Wildman–Crippen MR) is 80.5 cm³/mol. The van der Waals surface area contributed by atoms with Gasteiger partial charge in [0.15, 0.2) is 5.82 Å². The maximum Gasteiger partial charge on any atom is 0.266 e. The van der Waals surface area contributed by atoms with Gasteiger partial charge < -0.3 is 0 Å². The summed E-state index contributed by atoms with van der Waals surface area (Å²) >= 11 is 5.94. The first-order chi connectivity index (χ1) is 10.1. The molecule has 0 saturated carbocycles. The van der Waals surface area contributed by atoms with Crippen LogP contribution >= 0.6 is 11.6 Å². The van der Waals surface area contributed by atoms with E-state index in [4.69, 9.17) is 11.6 Å². The number of rotatable bonds is 0.